The average molecular weight is 337 g/mol. The molecule has 0 radical (unpaired) electrons. The molecule has 3 rings (SSSR count). The molecule has 0 amide bonds. The third-order valence-electron chi connectivity index (χ3n) is 1.73. The van der Waals surface area contributed by atoms with Crippen LogP contribution in [0.4, 0.5) is 0 Å². The predicted octanol–water partition coefficient (Wildman–Crippen LogP) is 1.16. The number of rotatable bonds is 0. The Hall–Kier alpha value is 0.518. The summed E-state index contributed by atoms with van der Waals surface area (Å²) in [5.41, 5.74) is 0. The SMILES string of the molecule is c1cc2c([se]1)[se]c1[se]ccc12. The Morgan fingerprint density at radius 2 is 1.36 bits per heavy atom. The number of fused-ring (bicyclic) bond motifs is 3. The second kappa shape index (κ2) is 2.50. The minimum absolute atomic E-state index is 0.726. The molecule has 0 bridgehead atoms. The second-order valence-corrected chi connectivity index (χ2v) is 11.0. The molecule has 3 aromatic heterocycles. The first-order valence-corrected chi connectivity index (χ1v) is 8.69. The first-order chi connectivity index (χ1) is 5.45. The van der Waals surface area contributed by atoms with Crippen LogP contribution in [0.25, 0.3) is 17.0 Å². The van der Waals surface area contributed by atoms with E-state index in [1.807, 2.05) is 0 Å². The van der Waals surface area contributed by atoms with Crippen molar-refractivity contribution in [3.8, 4) is 0 Å². The maximum absolute atomic E-state index is 2.36. The van der Waals surface area contributed by atoms with Gasteiger partial charge in [-0.05, 0) is 0 Å². The van der Waals surface area contributed by atoms with Crippen molar-refractivity contribution in [2.24, 2.45) is 0 Å². The zero-order chi connectivity index (χ0) is 7.26. The number of hydrogen-bond donors (Lipinski definition) is 0. The summed E-state index contributed by atoms with van der Waals surface area (Å²) in [5.74, 6) is 0. The Bertz CT molecular complexity index is 452. The van der Waals surface area contributed by atoms with Crippen molar-refractivity contribution in [2.45, 2.75) is 0 Å². The number of hydrogen-bond acceptors (Lipinski definition) is 0. The van der Waals surface area contributed by atoms with Crippen molar-refractivity contribution < 1.29 is 0 Å². The van der Waals surface area contributed by atoms with Crippen LogP contribution in [0.15, 0.2) is 22.0 Å². The van der Waals surface area contributed by atoms with Gasteiger partial charge in [-0.25, -0.2) is 0 Å². The van der Waals surface area contributed by atoms with Crippen LogP contribution in [0, 0.1) is 0 Å². The van der Waals surface area contributed by atoms with Crippen LogP contribution < -0.4 is 0 Å². The molecular weight excluding hydrogens is 333 g/mol. The zero-order valence-corrected chi connectivity index (χ0v) is 10.7. The second-order valence-electron chi connectivity index (χ2n) is 2.35. The van der Waals surface area contributed by atoms with E-state index in [9.17, 15) is 0 Å². The normalized spacial score (nSPS) is 11.6. The molecule has 11 heavy (non-hydrogen) atoms. The van der Waals surface area contributed by atoms with E-state index in [0.29, 0.717) is 0 Å². The molecule has 0 saturated heterocycles. The molecule has 54 valence electrons. The standard InChI is InChI=1S/C8H4Se3/c1-3-9-7-5(1)6-2-4-10-8(6)11-7/h1-4H. The van der Waals surface area contributed by atoms with Gasteiger partial charge in [0.25, 0.3) is 0 Å². The van der Waals surface area contributed by atoms with Crippen LogP contribution in [-0.2, 0) is 0 Å². The monoisotopic (exact) mass is 340 g/mol. The van der Waals surface area contributed by atoms with Gasteiger partial charge in [-0.15, -0.1) is 0 Å². The molecule has 0 N–H and O–H groups in total. The molecule has 3 heterocycles. The average Bonchev–Trinajstić information content (AvgIpc) is 2.52. The zero-order valence-electron chi connectivity index (χ0n) is 5.53. The van der Waals surface area contributed by atoms with E-state index < -0.39 is 0 Å². The molecule has 0 aliphatic carbocycles. The first-order valence-electron chi connectivity index (χ1n) is 3.28. The Morgan fingerprint density at radius 3 is 1.91 bits per heavy atom. The molecule has 0 fully saturated rings. The van der Waals surface area contributed by atoms with Crippen molar-refractivity contribution in [1.82, 2.24) is 0 Å². The van der Waals surface area contributed by atoms with E-state index in [1.165, 1.54) is 0 Å². The summed E-state index contributed by atoms with van der Waals surface area (Å²) in [6.45, 7) is 0. The fraction of sp³-hybridized carbons (Fsp3) is 0. The van der Waals surface area contributed by atoms with E-state index in [2.05, 4.69) is 22.0 Å². The van der Waals surface area contributed by atoms with Crippen LogP contribution in [0.5, 0.6) is 0 Å². The molecule has 0 atom stereocenters. The van der Waals surface area contributed by atoms with Gasteiger partial charge in [0.1, 0.15) is 0 Å². The van der Waals surface area contributed by atoms with Gasteiger partial charge in [0.15, 0.2) is 0 Å². The van der Waals surface area contributed by atoms with E-state index >= 15 is 0 Å². The van der Waals surface area contributed by atoms with Gasteiger partial charge in [-0.3, -0.25) is 0 Å². The van der Waals surface area contributed by atoms with Crippen LogP contribution in [0.3, 0.4) is 0 Å². The van der Waals surface area contributed by atoms with E-state index in [4.69, 9.17) is 0 Å². The topological polar surface area (TPSA) is 0 Å². The summed E-state index contributed by atoms with van der Waals surface area (Å²) in [7, 11) is 0. The van der Waals surface area contributed by atoms with Crippen LogP contribution >= 0.6 is 0 Å². The Labute approximate surface area is 82.1 Å². The summed E-state index contributed by atoms with van der Waals surface area (Å²) in [6, 6.07) is 4.68. The Kier molecular flexibility index (Phi) is 1.59. The van der Waals surface area contributed by atoms with Gasteiger partial charge in [-0.2, -0.15) is 0 Å². The molecule has 0 aliphatic heterocycles. The fourth-order valence-corrected chi connectivity index (χ4v) is 11.1. The molecule has 0 saturated carbocycles. The Morgan fingerprint density at radius 1 is 0.818 bits per heavy atom. The van der Waals surface area contributed by atoms with E-state index in [1.54, 1.807) is 17.0 Å². The van der Waals surface area contributed by atoms with Crippen LogP contribution in [0.2, 0.25) is 0 Å². The van der Waals surface area contributed by atoms with E-state index in [-0.39, 0.29) is 0 Å². The summed E-state index contributed by atoms with van der Waals surface area (Å²) in [5, 5.41) is 3.21. The van der Waals surface area contributed by atoms with Gasteiger partial charge in [-0.1, -0.05) is 0 Å². The molecule has 0 aromatic carbocycles. The molecule has 3 aromatic rings. The minimum atomic E-state index is 0.726. The summed E-state index contributed by atoms with van der Waals surface area (Å²) in [4.78, 5) is 4.73. The molecule has 0 aliphatic rings. The van der Waals surface area contributed by atoms with Crippen LogP contribution in [-0.4, -0.2) is 43.5 Å². The van der Waals surface area contributed by atoms with E-state index in [0.717, 1.165) is 43.5 Å². The third kappa shape index (κ3) is 0.938. The molecule has 0 spiro atoms. The quantitative estimate of drug-likeness (QED) is 0.541. The van der Waals surface area contributed by atoms with Gasteiger partial charge >= 0.3 is 82.6 Å². The van der Waals surface area contributed by atoms with Crippen molar-refractivity contribution in [3.05, 3.63) is 22.0 Å². The van der Waals surface area contributed by atoms with Gasteiger partial charge < -0.3 is 0 Å². The van der Waals surface area contributed by atoms with Crippen molar-refractivity contribution in [3.63, 3.8) is 0 Å². The summed E-state index contributed by atoms with van der Waals surface area (Å²) in [6.07, 6.45) is 0. The first kappa shape index (κ1) is 6.97. The van der Waals surface area contributed by atoms with Gasteiger partial charge in [0.05, 0.1) is 0 Å². The summed E-state index contributed by atoms with van der Waals surface area (Å²) < 4.78 is 3.59. The van der Waals surface area contributed by atoms with Crippen molar-refractivity contribution in [2.75, 3.05) is 0 Å². The van der Waals surface area contributed by atoms with Gasteiger partial charge in [0, 0.05) is 0 Å². The van der Waals surface area contributed by atoms with Crippen molar-refractivity contribution >= 4 is 60.6 Å². The molecule has 3 heteroatoms. The fourth-order valence-electron chi connectivity index (χ4n) is 1.23. The molecular formula is C8H4Se3. The van der Waals surface area contributed by atoms with Gasteiger partial charge in [0.2, 0.25) is 0 Å². The molecule has 0 unspecified atom stereocenters. The van der Waals surface area contributed by atoms with Crippen LogP contribution in [0.1, 0.15) is 0 Å². The predicted molar refractivity (Wildman–Crippen MR) is 52.3 cm³/mol. The maximum atomic E-state index is 2.36. The molecule has 0 nitrogen and oxygen atoms in total. The van der Waals surface area contributed by atoms with Crippen molar-refractivity contribution in [1.29, 1.82) is 0 Å². The third-order valence-corrected chi connectivity index (χ3v) is 10.3. The summed E-state index contributed by atoms with van der Waals surface area (Å²) >= 11 is 2.21. The Balaban J connectivity index is 2.75.